The topological polar surface area (TPSA) is 137 Å². The molecule has 32 heavy (non-hydrogen) atoms. The van der Waals surface area contributed by atoms with E-state index in [0.717, 1.165) is 0 Å². The van der Waals surface area contributed by atoms with Crippen LogP contribution in [0.15, 0.2) is 51.2 Å². The van der Waals surface area contributed by atoms with E-state index in [1.54, 1.807) is 26.0 Å². The number of H-pyrrole nitrogens is 1. The molecule has 0 atom stereocenters. The number of aromatic amines is 1. The van der Waals surface area contributed by atoms with Gasteiger partial charge in [0.15, 0.2) is 11.6 Å². The molecule has 0 bridgehead atoms. The molecule has 0 spiro atoms. The van der Waals surface area contributed by atoms with Crippen LogP contribution in [0.25, 0.3) is 0 Å². The van der Waals surface area contributed by atoms with Crippen molar-refractivity contribution in [2.45, 2.75) is 42.8 Å². The summed E-state index contributed by atoms with van der Waals surface area (Å²) in [5.74, 6) is -0.209. The zero-order chi connectivity index (χ0) is 23.6. The van der Waals surface area contributed by atoms with Crippen molar-refractivity contribution < 1.29 is 17.9 Å². The van der Waals surface area contributed by atoms with Crippen molar-refractivity contribution in [1.29, 1.82) is 0 Å². The number of nitrogens with two attached hydrogens (primary N) is 1. The minimum atomic E-state index is -4.19. The molecule has 0 fully saturated rings. The van der Waals surface area contributed by atoms with E-state index in [9.17, 15) is 18.0 Å². The molecule has 0 aliphatic rings. The van der Waals surface area contributed by atoms with E-state index in [1.165, 1.54) is 29.0 Å². The van der Waals surface area contributed by atoms with Gasteiger partial charge in [-0.25, -0.2) is 18.2 Å². The molecule has 2 aromatic heterocycles. The Morgan fingerprint density at radius 3 is 2.47 bits per heavy atom. The van der Waals surface area contributed by atoms with Gasteiger partial charge < -0.3 is 20.0 Å². The predicted molar refractivity (Wildman–Crippen MR) is 119 cm³/mol. The molecule has 0 unspecified atom stereocenters. The Hall–Kier alpha value is -2.82. The van der Waals surface area contributed by atoms with Gasteiger partial charge in [0, 0.05) is 21.8 Å². The summed E-state index contributed by atoms with van der Waals surface area (Å²) in [5, 5.41) is 0.132. The number of amides is 1. The number of rotatable bonds is 7. The summed E-state index contributed by atoms with van der Waals surface area (Å²) in [5.41, 5.74) is 5.19. The lowest BCUT2D eigenvalue weighted by Crippen LogP contribution is -2.21. The second-order valence-electron chi connectivity index (χ2n) is 7.20. The maximum atomic E-state index is 13.7. The van der Waals surface area contributed by atoms with Gasteiger partial charge in [0.1, 0.15) is 5.82 Å². The minimum Gasteiger partial charge on any atom is -0.442 e. The molecule has 0 saturated carbocycles. The number of carbonyl (C=O) groups is 1. The Balaban J connectivity index is 2.30. The van der Waals surface area contributed by atoms with Crippen molar-refractivity contribution in [2.75, 3.05) is 0 Å². The van der Waals surface area contributed by atoms with Crippen molar-refractivity contribution in [3.05, 3.63) is 74.0 Å². The van der Waals surface area contributed by atoms with Crippen LogP contribution in [-0.4, -0.2) is 29.0 Å². The van der Waals surface area contributed by atoms with E-state index in [4.69, 9.17) is 33.7 Å². The second kappa shape index (κ2) is 9.35. The molecule has 0 saturated heterocycles. The molecule has 1 amide bonds. The Morgan fingerprint density at radius 1 is 1.25 bits per heavy atom. The zero-order valence-corrected chi connectivity index (χ0v) is 19.5. The molecule has 0 aliphatic carbocycles. The van der Waals surface area contributed by atoms with Crippen LogP contribution in [0, 0.1) is 0 Å². The third-order valence-electron chi connectivity index (χ3n) is 4.54. The standard InChI is InChI=1S/C20H20Cl2N4O5S/c1-11(2)17-19(32(29,30)15-7-13(21)6-14(22)8-15)26(16(25-17)10-31-20(23)28)9-12-4-3-5-24-18(12)27/h3-8,11H,9-10H2,1-2H3,(H2,23,28)(H,24,27). The van der Waals surface area contributed by atoms with E-state index >= 15 is 0 Å². The highest BCUT2D eigenvalue weighted by Gasteiger charge is 2.32. The molecule has 2 heterocycles. The number of sulfone groups is 1. The lowest BCUT2D eigenvalue weighted by Gasteiger charge is -2.14. The van der Waals surface area contributed by atoms with Crippen LogP contribution in [0.4, 0.5) is 4.79 Å². The van der Waals surface area contributed by atoms with Gasteiger partial charge >= 0.3 is 6.09 Å². The largest absolute Gasteiger partial charge is 0.442 e. The minimum absolute atomic E-state index is 0.113. The summed E-state index contributed by atoms with van der Waals surface area (Å²) in [7, 11) is -4.19. The average molecular weight is 499 g/mol. The molecular weight excluding hydrogens is 479 g/mol. The fraction of sp³-hybridized carbons (Fsp3) is 0.250. The molecule has 0 radical (unpaired) electrons. The molecular formula is C20H20Cl2N4O5S. The van der Waals surface area contributed by atoms with Gasteiger partial charge in [0.2, 0.25) is 9.84 Å². The normalized spacial score (nSPS) is 11.7. The van der Waals surface area contributed by atoms with Gasteiger partial charge in [-0.2, -0.15) is 0 Å². The number of hydrogen-bond donors (Lipinski definition) is 2. The Kier molecular flexibility index (Phi) is 6.97. The van der Waals surface area contributed by atoms with Crippen molar-refractivity contribution in [3.8, 4) is 0 Å². The van der Waals surface area contributed by atoms with Crippen molar-refractivity contribution >= 4 is 39.1 Å². The highest BCUT2D eigenvalue weighted by Crippen LogP contribution is 2.33. The molecule has 9 nitrogen and oxygen atoms in total. The first-order valence-corrected chi connectivity index (χ1v) is 11.6. The quantitative estimate of drug-likeness (QED) is 0.511. The maximum Gasteiger partial charge on any atom is 0.404 e. The fourth-order valence-electron chi connectivity index (χ4n) is 3.12. The Labute approximate surface area is 194 Å². The second-order valence-corrected chi connectivity index (χ2v) is 9.94. The number of ether oxygens (including phenoxy) is 1. The number of aromatic nitrogens is 3. The van der Waals surface area contributed by atoms with E-state index in [1.807, 2.05) is 0 Å². The number of nitrogens with zero attached hydrogens (tertiary/aromatic N) is 2. The van der Waals surface area contributed by atoms with Gasteiger partial charge in [-0.3, -0.25) is 4.79 Å². The van der Waals surface area contributed by atoms with Crippen molar-refractivity contribution in [2.24, 2.45) is 5.73 Å². The number of nitrogens with one attached hydrogen (secondary N) is 1. The van der Waals surface area contributed by atoms with Gasteiger partial charge in [-0.1, -0.05) is 43.1 Å². The fourth-order valence-corrected chi connectivity index (χ4v) is 5.58. The summed E-state index contributed by atoms with van der Waals surface area (Å²) < 4.78 is 33.6. The summed E-state index contributed by atoms with van der Waals surface area (Å²) >= 11 is 12.1. The molecule has 3 aromatic rings. The first-order valence-electron chi connectivity index (χ1n) is 9.40. The molecule has 12 heteroatoms. The maximum absolute atomic E-state index is 13.7. The van der Waals surface area contributed by atoms with Crippen molar-refractivity contribution in [3.63, 3.8) is 0 Å². The predicted octanol–water partition coefficient (Wildman–Crippen LogP) is 3.48. The number of halogens is 2. The van der Waals surface area contributed by atoms with Crippen LogP contribution in [0.3, 0.4) is 0 Å². The number of carbonyl (C=O) groups excluding carboxylic acids is 1. The van der Waals surface area contributed by atoms with E-state index < -0.39 is 21.5 Å². The number of hydrogen-bond acceptors (Lipinski definition) is 6. The number of imidazole rings is 1. The van der Waals surface area contributed by atoms with E-state index in [-0.39, 0.29) is 56.1 Å². The molecule has 3 rings (SSSR count). The van der Waals surface area contributed by atoms with Gasteiger partial charge in [0.25, 0.3) is 5.56 Å². The lowest BCUT2D eigenvalue weighted by molar-refractivity contribution is 0.145. The zero-order valence-electron chi connectivity index (χ0n) is 17.1. The number of primary amides is 1. The third-order valence-corrected chi connectivity index (χ3v) is 6.78. The average Bonchev–Trinajstić information content (AvgIpc) is 3.06. The lowest BCUT2D eigenvalue weighted by atomic mass is 10.1. The number of pyridine rings is 1. The van der Waals surface area contributed by atoms with Crippen LogP contribution in [-0.2, 0) is 27.7 Å². The van der Waals surface area contributed by atoms with Gasteiger partial charge in [-0.05, 0) is 30.2 Å². The van der Waals surface area contributed by atoms with Crippen LogP contribution in [0.2, 0.25) is 10.0 Å². The van der Waals surface area contributed by atoms with Crippen LogP contribution < -0.4 is 11.3 Å². The van der Waals surface area contributed by atoms with E-state index in [2.05, 4.69) is 9.97 Å². The van der Waals surface area contributed by atoms with Crippen LogP contribution in [0.1, 0.15) is 36.8 Å². The molecule has 1 aromatic carbocycles. The van der Waals surface area contributed by atoms with Gasteiger partial charge in [0.05, 0.1) is 17.1 Å². The van der Waals surface area contributed by atoms with Crippen molar-refractivity contribution in [1.82, 2.24) is 14.5 Å². The summed E-state index contributed by atoms with van der Waals surface area (Å²) in [6.07, 6.45) is 0.413. The first kappa shape index (κ1) is 23.8. The monoisotopic (exact) mass is 498 g/mol. The smallest absolute Gasteiger partial charge is 0.404 e. The molecule has 0 aliphatic heterocycles. The summed E-state index contributed by atoms with van der Waals surface area (Å²) in [4.78, 5) is 30.3. The first-order chi connectivity index (χ1) is 15.0. The van der Waals surface area contributed by atoms with E-state index in [0.29, 0.717) is 0 Å². The van der Waals surface area contributed by atoms with Crippen LogP contribution in [0.5, 0.6) is 0 Å². The highest BCUT2D eigenvalue weighted by molar-refractivity contribution is 7.91. The van der Waals surface area contributed by atoms with Gasteiger partial charge in [-0.15, -0.1) is 0 Å². The number of benzene rings is 1. The molecule has 170 valence electrons. The Bertz CT molecular complexity index is 1310. The summed E-state index contributed by atoms with van der Waals surface area (Å²) in [6.45, 7) is 3.01. The molecule has 3 N–H and O–H groups in total. The SMILES string of the molecule is CC(C)c1nc(COC(N)=O)n(Cc2ccc[nH]c2=O)c1S(=O)(=O)c1cc(Cl)cc(Cl)c1. The Morgan fingerprint density at radius 2 is 1.91 bits per heavy atom. The van der Waals surface area contributed by atoms with Crippen LogP contribution >= 0.6 is 23.2 Å². The third kappa shape index (κ3) is 4.98. The highest BCUT2D eigenvalue weighted by atomic mass is 35.5. The summed E-state index contributed by atoms with van der Waals surface area (Å²) in [6, 6.07) is 7.14.